The molecule has 0 saturated carbocycles. The first kappa shape index (κ1) is 26.4. The van der Waals surface area contributed by atoms with Crippen molar-refractivity contribution in [2.24, 2.45) is 0 Å². The predicted molar refractivity (Wildman–Crippen MR) is 150 cm³/mol. The molecule has 1 saturated heterocycles. The third-order valence-electron chi connectivity index (χ3n) is 5.75. The number of methoxy groups -OCH3 is 1. The lowest BCUT2D eigenvalue weighted by atomic mass is 10.2. The second-order valence-electron chi connectivity index (χ2n) is 8.09. The highest BCUT2D eigenvalue weighted by molar-refractivity contribution is 7.21. The first-order chi connectivity index (χ1) is 17.1. The molecule has 7 nitrogen and oxygen atoms in total. The molecule has 1 aromatic carbocycles. The highest BCUT2D eigenvalue weighted by Crippen LogP contribution is 2.42. The fourth-order valence-corrected chi connectivity index (χ4v) is 6.12. The maximum absolute atomic E-state index is 12.9. The van der Waals surface area contributed by atoms with E-state index in [9.17, 15) is 4.79 Å². The molecule has 0 aliphatic carbocycles. The number of benzene rings is 1. The summed E-state index contributed by atoms with van der Waals surface area (Å²) in [5, 5.41) is 7.13. The Bertz CT molecular complexity index is 1310. The maximum Gasteiger partial charge on any atom is 0.257 e. The van der Waals surface area contributed by atoms with E-state index in [1.54, 1.807) is 29.7 Å². The quantitative estimate of drug-likeness (QED) is 0.301. The van der Waals surface area contributed by atoms with Crippen molar-refractivity contribution < 1.29 is 9.53 Å². The van der Waals surface area contributed by atoms with Crippen molar-refractivity contribution in [3.8, 4) is 16.5 Å². The topological polar surface area (TPSA) is 70.6 Å². The van der Waals surface area contributed by atoms with Crippen molar-refractivity contribution in [1.29, 1.82) is 0 Å². The number of nitrogens with zero attached hydrogens (tertiary/aromatic N) is 4. The Kier molecular flexibility index (Phi) is 8.81. The molecule has 1 amide bonds. The molecule has 0 spiro atoms. The number of aromatic nitrogens is 2. The number of ether oxygens (including phenoxy) is 1. The molecule has 1 N–H and O–H groups in total. The van der Waals surface area contributed by atoms with Crippen LogP contribution in [0.2, 0.25) is 5.02 Å². The number of rotatable bonds is 7. The number of halogens is 2. The molecule has 1 aliphatic heterocycles. The van der Waals surface area contributed by atoms with Crippen molar-refractivity contribution in [1.82, 2.24) is 14.9 Å². The number of carbonyl (C=O) groups excluding carboxylic acids is 1. The van der Waals surface area contributed by atoms with Gasteiger partial charge in [0.2, 0.25) is 5.88 Å². The largest absolute Gasteiger partial charge is 0.481 e. The number of thiazole rings is 1. The molecule has 0 atom stereocenters. The Labute approximate surface area is 229 Å². The number of hydrogen-bond acceptors (Lipinski definition) is 8. The van der Waals surface area contributed by atoms with Crippen LogP contribution < -0.4 is 15.0 Å². The maximum atomic E-state index is 12.9. The summed E-state index contributed by atoms with van der Waals surface area (Å²) in [4.78, 5) is 27.5. The average molecular weight is 563 g/mol. The first-order valence-electron chi connectivity index (χ1n) is 11.2. The van der Waals surface area contributed by atoms with Gasteiger partial charge in [-0.2, -0.15) is 0 Å². The number of thiophene rings is 1. The number of amides is 1. The van der Waals surface area contributed by atoms with Gasteiger partial charge < -0.3 is 9.64 Å². The minimum absolute atomic E-state index is 0. The van der Waals surface area contributed by atoms with Crippen LogP contribution in [0.1, 0.15) is 15.9 Å². The van der Waals surface area contributed by atoms with E-state index in [0.29, 0.717) is 21.6 Å². The Morgan fingerprint density at radius 3 is 2.61 bits per heavy atom. The Balaban J connectivity index is 0.00000304. The Morgan fingerprint density at radius 2 is 1.92 bits per heavy atom. The van der Waals surface area contributed by atoms with Crippen LogP contribution in [0.25, 0.3) is 10.6 Å². The fraction of sp³-hybridized carbons (Fsp3) is 0.240. The molecule has 4 aromatic rings. The molecule has 36 heavy (non-hydrogen) atoms. The van der Waals surface area contributed by atoms with Crippen molar-refractivity contribution in [2.45, 2.75) is 6.54 Å². The Morgan fingerprint density at radius 1 is 1.14 bits per heavy atom. The van der Waals surface area contributed by atoms with Crippen LogP contribution in [0.3, 0.4) is 0 Å². The van der Waals surface area contributed by atoms with E-state index in [1.807, 2.05) is 17.5 Å². The summed E-state index contributed by atoms with van der Waals surface area (Å²) in [6.07, 6.45) is 1.55. The lowest BCUT2D eigenvalue weighted by Crippen LogP contribution is -2.45. The molecule has 4 heterocycles. The molecule has 5 rings (SSSR count). The van der Waals surface area contributed by atoms with Crippen molar-refractivity contribution >= 4 is 62.7 Å². The highest BCUT2D eigenvalue weighted by Gasteiger charge is 2.25. The molecule has 0 unspecified atom stereocenters. The van der Waals surface area contributed by atoms with Gasteiger partial charge in [-0.25, -0.2) is 9.97 Å². The van der Waals surface area contributed by atoms with Crippen molar-refractivity contribution in [3.63, 3.8) is 0 Å². The van der Waals surface area contributed by atoms with Gasteiger partial charge in [-0.1, -0.05) is 53.3 Å². The van der Waals surface area contributed by atoms with Gasteiger partial charge in [-0.15, -0.1) is 23.7 Å². The molecule has 188 valence electrons. The molecule has 1 aliphatic rings. The molecule has 11 heteroatoms. The molecule has 3 aromatic heterocycles. The monoisotopic (exact) mass is 561 g/mol. The summed E-state index contributed by atoms with van der Waals surface area (Å²) in [6.45, 7) is 4.62. The summed E-state index contributed by atoms with van der Waals surface area (Å²) < 4.78 is 5.14. The van der Waals surface area contributed by atoms with Crippen molar-refractivity contribution in [2.75, 3.05) is 43.5 Å². The third-order valence-corrected chi connectivity index (χ3v) is 8.06. The SMILES string of the molecule is COc1cc(C(=O)Nc2nc(-c3cc(Cl)cs3)c(N3CCN(Cc4ccccc4)CC3)s2)ccn1.Cl. The molecule has 0 radical (unpaired) electrons. The summed E-state index contributed by atoms with van der Waals surface area (Å²) in [5.74, 6) is 0.134. The normalized spacial score (nSPS) is 13.8. The van der Waals surface area contributed by atoms with Gasteiger partial charge in [-0.05, 0) is 17.7 Å². The lowest BCUT2D eigenvalue weighted by Gasteiger charge is -2.35. The van der Waals surface area contributed by atoms with E-state index >= 15 is 0 Å². The summed E-state index contributed by atoms with van der Waals surface area (Å²) >= 11 is 9.27. The average Bonchev–Trinajstić information content (AvgIpc) is 3.51. The van der Waals surface area contributed by atoms with E-state index in [4.69, 9.17) is 21.3 Å². The second kappa shape index (κ2) is 12.0. The van der Waals surface area contributed by atoms with Gasteiger partial charge in [0.05, 0.1) is 17.0 Å². The number of piperazine rings is 1. The van der Waals surface area contributed by atoms with Crippen molar-refractivity contribution in [3.05, 3.63) is 76.3 Å². The van der Waals surface area contributed by atoms with Gasteiger partial charge in [0.1, 0.15) is 10.7 Å². The van der Waals surface area contributed by atoms with Gasteiger partial charge in [-0.3, -0.25) is 15.0 Å². The standard InChI is InChI=1S/C25H24ClN5O2S2.ClH/c1-33-21-13-18(7-8-27-21)23(32)29-25-28-22(20-14-19(26)16-34-20)24(35-25)31-11-9-30(10-12-31)15-17-5-3-2-4-6-17;/h2-8,13-14,16H,9-12,15H2,1H3,(H,28,29,32);1H. The highest BCUT2D eigenvalue weighted by atomic mass is 35.5. The molecule has 0 bridgehead atoms. The fourth-order valence-electron chi connectivity index (χ4n) is 3.96. The molecular formula is C25H25Cl2N5O2S2. The number of pyridine rings is 1. The van der Waals surface area contributed by atoms with Crippen LogP contribution in [-0.4, -0.2) is 54.1 Å². The van der Waals surface area contributed by atoms with Crippen LogP contribution in [0, 0.1) is 0 Å². The summed E-state index contributed by atoms with van der Waals surface area (Å²) in [7, 11) is 1.52. The van der Waals surface area contributed by atoms with Gasteiger partial charge in [0.15, 0.2) is 5.13 Å². The van der Waals surface area contributed by atoms with Crippen LogP contribution in [-0.2, 0) is 6.54 Å². The molecule has 1 fully saturated rings. The van der Waals surface area contributed by atoms with Gasteiger partial charge in [0.25, 0.3) is 5.91 Å². The van der Waals surface area contributed by atoms with Crippen LogP contribution >= 0.6 is 46.7 Å². The number of nitrogens with one attached hydrogen (secondary N) is 1. The molecular weight excluding hydrogens is 537 g/mol. The van der Waals surface area contributed by atoms with E-state index < -0.39 is 0 Å². The van der Waals surface area contributed by atoms with E-state index in [-0.39, 0.29) is 18.3 Å². The van der Waals surface area contributed by atoms with E-state index in [1.165, 1.54) is 24.0 Å². The summed E-state index contributed by atoms with van der Waals surface area (Å²) in [5.41, 5.74) is 2.64. The second-order valence-corrected chi connectivity index (χ2v) is 10.4. The van der Waals surface area contributed by atoms with Crippen LogP contribution in [0.5, 0.6) is 5.88 Å². The minimum atomic E-state index is -0.255. The van der Waals surface area contributed by atoms with Crippen LogP contribution in [0.4, 0.5) is 10.1 Å². The predicted octanol–water partition coefficient (Wildman–Crippen LogP) is 5.92. The number of hydrogen-bond donors (Lipinski definition) is 1. The van der Waals surface area contributed by atoms with Gasteiger partial charge >= 0.3 is 0 Å². The number of carbonyl (C=O) groups is 1. The minimum Gasteiger partial charge on any atom is -0.481 e. The van der Waals surface area contributed by atoms with Gasteiger partial charge in [0, 0.05) is 55.9 Å². The first-order valence-corrected chi connectivity index (χ1v) is 13.2. The number of anilines is 2. The summed E-state index contributed by atoms with van der Waals surface area (Å²) in [6, 6.07) is 15.7. The Hall–Kier alpha value is -2.69. The zero-order valence-corrected chi connectivity index (χ0v) is 22.7. The zero-order chi connectivity index (χ0) is 24.2. The van der Waals surface area contributed by atoms with E-state index in [2.05, 4.69) is 44.4 Å². The zero-order valence-electron chi connectivity index (χ0n) is 19.5. The van der Waals surface area contributed by atoms with E-state index in [0.717, 1.165) is 48.3 Å². The lowest BCUT2D eigenvalue weighted by molar-refractivity contribution is 0.102. The van der Waals surface area contributed by atoms with Crippen LogP contribution in [0.15, 0.2) is 60.1 Å². The third kappa shape index (κ3) is 6.16. The smallest absolute Gasteiger partial charge is 0.257 e.